The van der Waals surface area contributed by atoms with E-state index in [-0.39, 0.29) is 6.03 Å². The molecule has 1 rings (SSSR count). The van der Waals surface area contributed by atoms with Gasteiger partial charge in [0.15, 0.2) is 0 Å². The van der Waals surface area contributed by atoms with Crippen molar-refractivity contribution in [1.29, 1.82) is 0 Å². The van der Waals surface area contributed by atoms with Crippen LogP contribution in [-0.2, 0) is 0 Å². The number of rotatable bonds is 2. The zero-order chi connectivity index (χ0) is 10.6. The maximum Gasteiger partial charge on any atom is 0.323 e. The molecule has 0 saturated heterocycles. The van der Waals surface area contributed by atoms with Crippen molar-refractivity contribution < 1.29 is 4.79 Å². The van der Waals surface area contributed by atoms with Crippen LogP contribution >= 0.6 is 15.9 Å². The van der Waals surface area contributed by atoms with E-state index in [9.17, 15) is 4.79 Å². The van der Waals surface area contributed by atoms with Gasteiger partial charge in [-0.25, -0.2) is 4.79 Å². The van der Waals surface area contributed by atoms with Gasteiger partial charge in [0.1, 0.15) is 0 Å². The topological polar surface area (TPSA) is 41.1 Å². The summed E-state index contributed by atoms with van der Waals surface area (Å²) in [5, 5.41) is 5.10. The quantitative estimate of drug-likeness (QED) is 0.837. The number of benzene rings is 1. The number of hydrogen-bond donors (Lipinski definition) is 2. The Hall–Kier alpha value is -1.29. The fourth-order valence-electron chi connectivity index (χ4n) is 0.982. The first-order chi connectivity index (χ1) is 6.63. The van der Waals surface area contributed by atoms with E-state index in [1.54, 1.807) is 0 Å². The first kappa shape index (κ1) is 10.8. The van der Waals surface area contributed by atoms with E-state index < -0.39 is 0 Å². The third-order valence-electron chi connectivity index (χ3n) is 1.65. The molecule has 1 aromatic carbocycles. The second-order valence-electron chi connectivity index (χ2n) is 2.77. The molecule has 0 radical (unpaired) electrons. The Morgan fingerprint density at radius 3 is 2.86 bits per heavy atom. The van der Waals surface area contributed by atoms with Crippen molar-refractivity contribution in [3.63, 3.8) is 0 Å². The number of amides is 2. The molecule has 0 spiro atoms. The van der Waals surface area contributed by atoms with Gasteiger partial charge in [-0.1, -0.05) is 22.5 Å². The van der Waals surface area contributed by atoms with Crippen molar-refractivity contribution in [2.45, 2.75) is 6.92 Å². The Morgan fingerprint density at radius 2 is 2.29 bits per heavy atom. The van der Waals surface area contributed by atoms with Crippen LogP contribution in [-0.4, -0.2) is 6.03 Å². The number of carbonyl (C=O) groups excluding carboxylic acids is 1. The lowest BCUT2D eigenvalue weighted by Gasteiger charge is -2.06. The first-order valence-corrected chi connectivity index (χ1v) is 4.87. The summed E-state index contributed by atoms with van der Waals surface area (Å²) in [5.41, 5.74) is 1.83. The maximum atomic E-state index is 11.1. The third kappa shape index (κ3) is 2.88. The normalized spacial score (nSPS) is 9.29. The second-order valence-corrected chi connectivity index (χ2v) is 3.62. The summed E-state index contributed by atoms with van der Waals surface area (Å²) in [6.07, 6.45) is 1.33. The smallest absolute Gasteiger partial charge is 0.315 e. The highest BCUT2D eigenvalue weighted by molar-refractivity contribution is 9.10. The summed E-state index contributed by atoms with van der Waals surface area (Å²) < 4.78 is 1.02. The summed E-state index contributed by atoms with van der Waals surface area (Å²) >= 11 is 3.38. The standard InChI is InChI=1S/C10H11BrN2O/c1-3-12-10(14)13-8-4-5-9(11)7(2)6-8/h3-6H,1H2,2H3,(H2,12,13,14). The van der Waals surface area contributed by atoms with Crippen LogP contribution in [0.15, 0.2) is 35.5 Å². The van der Waals surface area contributed by atoms with E-state index in [1.165, 1.54) is 6.20 Å². The van der Waals surface area contributed by atoms with Crippen molar-refractivity contribution in [3.05, 3.63) is 41.0 Å². The molecule has 0 saturated carbocycles. The average Bonchev–Trinajstić information content (AvgIpc) is 2.12. The van der Waals surface area contributed by atoms with E-state index in [0.717, 1.165) is 15.7 Å². The Kier molecular flexibility index (Phi) is 3.71. The van der Waals surface area contributed by atoms with Gasteiger partial charge >= 0.3 is 6.03 Å². The van der Waals surface area contributed by atoms with Gasteiger partial charge in [0, 0.05) is 10.2 Å². The fraction of sp³-hybridized carbons (Fsp3) is 0.100. The Balaban J connectivity index is 2.72. The maximum absolute atomic E-state index is 11.1. The summed E-state index contributed by atoms with van der Waals surface area (Å²) in [6.45, 7) is 5.35. The zero-order valence-electron chi connectivity index (χ0n) is 7.80. The number of anilines is 1. The summed E-state index contributed by atoms with van der Waals surface area (Å²) in [7, 11) is 0. The highest BCUT2D eigenvalue weighted by Crippen LogP contribution is 2.19. The van der Waals surface area contributed by atoms with Gasteiger partial charge in [-0.05, 0) is 36.9 Å². The molecule has 3 nitrogen and oxygen atoms in total. The molecule has 0 aliphatic rings. The Morgan fingerprint density at radius 1 is 1.57 bits per heavy atom. The van der Waals surface area contributed by atoms with E-state index >= 15 is 0 Å². The molecule has 0 aromatic heterocycles. The molecule has 0 fully saturated rings. The molecule has 0 aliphatic carbocycles. The predicted octanol–water partition coefficient (Wildman–Crippen LogP) is 3.02. The van der Waals surface area contributed by atoms with Gasteiger partial charge in [0.25, 0.3) is 0 Å². The monoisotopic (exact) mass is 254 g/mol. The minimum Gasteiger partial charge on any atom is -0.315 e. The summed E-state index contributed by atoms with van der Waals surface area (Å²) in [5.74, 6) is 0. The van der Waals surface area contributed by atoms with Crippen molar-refractivity contribution in [2.24, 2.45) is 0 Å². The molecule has 1 aromatic rings. The second kappa shape index (κ2) is 4.81. The fourth-order valence-corrected chi connectivity index (χ4v) is 1.23. The van der Waals surface area contributed by atoms with Crippen LogP contribution in [0.4, 0.5) is 10.5 Å². The number of hydrogen-bond acceptors (Lipinski definition) is 1. The molecule has 2 amide bonds. The summed E-state index contributed by atoms with van der Waals surface area (Å²) in [4.78, 5) is 11.1. The minimum atomic E-state index is -0.290. The number of aryl methyl sites for hydroxylation is 1. The SMILES string of the molecule is C=CNC(=O)Nc1ccc(Br)c(C)c1. The highest BCUT2D eigenvalue weighted by atomic mass is 79.9. The van der Waals surface area contributed by atoms with Gasteiger partial charge in [-0.15, -0.1) is 0 Å². The molecule has 0 aliphatic heterocycles. The van der Waals surface area contributed by atoms with E-state index in [4.69, 9.17) is 0 Å². The predicted molar refractivity (Wildman–Crippen MR) is 61.2 cm³/mol. The van der Waals surface area contributed by atoms with E-state index in [2.05, 4.69) is 33.1 Å². The molecule has 4 heteroatoms. The van der Waals surface area contributed by atoms with Crippen LogP contribution in [0, 0.1) is 6.92 Å². The molecule has 74 valence electrons. The summed E-state index contributed by atoms with van der Waals surface area (Å²) in [6, 6.07) is 5.30. The molecule has 0 heterocycles. The molecule has 14 heavy (non-hydrogen) atoms. The van der Waals surface area contributed by atoms with Crippen LogP contribution in [0.2, 0.25) is 0 Å². The van der Waals surface area contributed by atoms with Gasteiger partial charge in [-0.2, -0.15) is 0 Å². The number of carbonyl (C=O) groups is 1. The lowest BCUT2D eigenvalue weighted by Crippen LogP contribution is -2.23. The van der Waals surface area contributed by atoms with Gasteiger partial charge < -0.3 is 10.6 Å². The molecule has 0 atom stereocenters. The number of nitrogens with one attached hydrogen (secondary N) is 2. The van der Waals surface area contributed by atoms with Crippen LogP contribution in [0.1, 0.15) is 5.56 Å². The third-order valence-corrected chi connectivity index (χ3v) is 2.54. The minimum absolute atomic E-state index is 0.290. The Labute approximate surface area is 91.3 Å². The lowest BCUT2D eigenvalue weighted by atomic mass is 10.2. The van der Waals surface area contributed by atoms with Crippen LogP contribution < -0.4 is 10.6 Å². The number of halogens is 1. The van der Waals surface area contributed by atoms with Crippen molar-refractivity contribution in [2.75, 3.05) is 5.32 Å². The first-order valence-electron chi connectivity index (χ1n) is 4.08. The van der Waals surface area contributed by atoms with Crippen molar-refractivity contribution >= 4 is 27.6 Å². The highest BCUT2D eigenvalue weighted by Gasteiger charge is 2.00. The lowest BCUT2D eigenvalue weighted by molar-refractivity contribution is 0.255. The van der Waals surface area contributed by atoms with Gasteiger partial charge in [-0.3, -0.25) is 0 Å². The molecular weight excluding hydrogens is 244 g/mol. The van der Waals surface area contributed by atoms with Gasteiger partial charge in [0.2, 0.25) is 0 Å². The van der Waals surface area contributed by atoms with Gasteiger partial charge in [0.05, 0.1) is 0 Å². The van der Waals surface area contributed by atoms with Crippen molar-refractivity contribution in [1.82, 2.24) is 5.32 Å². The largest absolute Gasteiger partial charge is 0.323 e. The number of urea groups is 1. The zero-order valence-corrected chi connectivity index (χ0v) is 9.39. The van der Waals surface area contributed by atoms with Crippen LogP contribution in [0.5, 0.6) is 0 Å². The van der Waals surface area contributed by atoms with Crippen LogP contribution in [0.3, 0.4) is 0 Å². The van der Waals surface area contributed by atoms with E-state index in [0.29, 0.717) is 0 Å². The molecular formula is C10H11BrN2O. The molecule has 0 bridgehead atoms. The van der Waals surface area contributed by atoms with Crippen LogP contribution in [0.25, 0.3) is 0 Å². The molecule has 0 unspecified atom stereocenters. The molecule has 2 N–H and O–H groups in total. The Bertz CT molecular complexity index is 363. The average molecular weight is 255 g/mol. The van der Waals surface area contributed by atoms with E-state index in [1.807, 2.05) is 25.1 Å². The van der Waals surface area contributed by atoms with Crippen molar-refractivity contribution in [3.8, 4) is 0 Å².